The topological polar surface area (TPSA) is 83.1 Å². The van der Waals surface area contributed by atoms with E-state index in [1.165, 1.54) is 13.2 Å². The molecule has 174 valence electrons. The van der Waals surface area contributed by atoms with E-state index in [2.05, 4.69) is 5.32 Å². The van der Waals surface area contributed by atoms with E-state index in [0.29, 0.717) is 28.4 Å². The lowest BCUT2D eigenvalue weighted by Gasteiger charge is -2.29. The Morgan fingerprint density at radius 1 is 1.06 bits per heavy atom. The van der Waals surface area contributed by atoms with Crippen LogP contribution in [0.1, 0.15) is 42.3 Å². The van der Waals surface area contributed by atoms with Crippen LogP contribution in [0.15, 0.2) is 42.5 Å². The van der Waals surface area contributed by atoms with Crippen molar-refractivity contribution in [2.24, 2.45) is 0 Å². The Labute approximate surface area is 194 Å². The summed E-state index contributed by atoms with van der Waals surface area (Å²) in [4.78, 5) is 25.2. The van der Waals surface area contributed by atoms with Gasteiger partial charge in [-0.2, -0.15) is 0 Å². The number of esters is 1. The van der Waals surface area contributed by atoms with E-state index in [-0.39, 0.29) is 11.5 Å². The maximum absolute atomic E-state index is 13.1. The van der Waals surface area contributed by atoms with Gasteiger partial charge in [-0.1, -0.05) is 12.1 Å². The van der Waals surface area contributed by atoms with Gasteiger partial charge in [-0.15, -0.1) is 0 Å². The Balaban J connectivity index is 1.89. The molecule has 1 unspecified atom stereocenters. The fourth-order valence-corrected chi connectivity index (χ4v) is 3.26. The smallest absolute Gasteiger partial charge is 0.328 e. The first-order valence-electron chi connectivity index (χ1n) is 10.6. The van der Waals surface area contributed by atoms with Crippen molar-refractivity contribution in [3.63, 3.8) is 0 Å². The number of nitrogens with one attached hydrogen (secondary N) is 1. The quantitative estimate of drug-likeness (QED) is 0.277. The molecule has 0 saturated carbocycles. The third kappa shape index (κ3) is 5.43. The van der Waals surface area contributed by atoms with Gasteiger partial charge in [-0.25, -0.2) is 4.79 Å². The molecule has 0 aliphatic carbocycles. The summed E-state index contributed by atoms with van der Waals surface area (Å²) in [6, 6.07) is 8.07. The Morgan fingerprint density at radius 2 is 1.76 bits per heavy atom. The minimum absolute atomic E-state index is 0.224. The largest absolute Gasteiger partial charge is 0.496 e. The van der Waals surface area contributed by atoms with Crippen LogP contribution in [0, 0.1) is 0 Å². The maximum atomic E-state index is 13.1. The van der Waals surface area contributed by atoms with Gasteiger partial charge in [0.25, 0.3) is 0 Å². The molecule has 7 nitrogen and oxygen atoms in total. The monoisotopic (exact) mass is 451 g/mol. The molecule has 0 aromatic heterocycles. The van der Waals surface area contributed by atoms with E-state index in [1.807, 2.05) is 26.0 Å². The van der Waals surface area contributed by atoms with Crippen LogP contribution >= 0.6 is 0 Å². The molecule has 1 heterocycles. The number of benzene rings is 2. The molecule has 1 aliphatic rings. The number of likely N-dealkylation sites (N-methyl/N-ethyl adjacent to an activating group) is 1. The first-order chi connectivity index (χ1) is 15.7. The van der Waals surface area contributed by atoms with Gasteiger partial charge in [-0.3, -0.25) is 4.79 Å². The third-order valence-corrected chi connectivity index (χ3v) is 5.27. The standard InChI is InChI=1S/C26H29NO6/c1-16(27-4)25(29)32-23-15-17(8-11-22(23)31-6)7-10-20(28)18-9-12-21(30-5)19-13-14-26(2,3)33-24(18)19/h7-16,27H,1-6H3. The minimum Gasteiger partial charge on any atom is -0.496 e. The third-order valence-electron chi connectivity index (χ3n) is 5.27. The molecule has 0 fully saturated rings. The van der Waals surface area contributed by atoms with E-state index in [4.69, 9.17) is 18.9 Å². The number of methoxy groups -OCH3 is 2. The number of hydrogen-bond acceptors (Lipinski definition) is 7. The van der Waals surface area contributed by atoms with Gasteiger partial charge in [0.05, 0.1) is 25.3 Å². The summed E-state index contributed by atoms with van der Waals surface area (Å²) in [5, 5.41) is 2.83. The number of carbonyl (C=O) groups excluding carboxylic acids is 2. The van der Waals surface area contributed by atoms with Crippen molar-refractivity contribution in [2.45, 2.75) is 32.4 Å². The second-order valence-electron chi connectivity index (χ2n) is 8.14. The van der Waals surface area contributed by atoms with E-state index in [0.717, 1.165) is 5.56 Å². The molecule has 0 saturated heterocycles. The second-order valence-corrected chi connectivity index (χ2v) is 8.14. The molecule has 1 atom stereocenters. The van der Waals surface area contributed by atoms with Gasteiger partial charge in [0.15, 0.2) is 17.3 Å². The first kappa shape index (κ1) is 24.1. The van der Waals surface area contributed by atoms with Crippen LogP contribution < -0.4 is 24.3 Å². The van der Waals surface area contributed by atoms with E-state index in [9.17, 15) is 9.59 Å². The summed E-state index contributed by atoms with van der Waals surface area (Å²) in [6.07, 6.45) is 6.95. The highest BCUT2D eigenvalue weighted by Crippen LogP contribution is 2.40. The number of rotatable bonds is 8. The summed E-state index contributed by atoms with van der Waals surface area (Å²) in [5.74, 6) is 1.15. The van der Waals surface area contributed by atoms with Crippen LogP contribution in [-0.4, -0.2) is 44.7 Å². The second kappa shape index (κ2) is 9.92. The summed E-state index contributed by atoms with van der Waals surface area (Å²) in [6.45, 7) is 5.54. The first-order valence-corrected chi connectivity index (χ1v) is 10.6. The number of allylic oxidation sites excluding steroid dienone is 1. The van der Waals surface area contributed by atoms with Crippen molar-refractivity contribution in [3.05, 3.63) is 59.2 Å². The highest BCUT2D eigenvalue weighted by atomic mass is 16.6. The van der Waals surface area contributed by atoms with E-state index < -0.39 is 17.6 Å². The summed E-state index contributed by atoms with van der Waals surface area (Å²) in [7, 11) is 4.75. The normalized spacial score (nSPS) is 14.8. The average molecular weight is 452 g/mol. The molecular weight excluding hydrogens is 422 g/mol. The van der Waals surface area contributed by atoms with Crippen molar-refractivity contribution < 1.29 is 28.5 Å². The number of carbonyl (C=O) groups is 2. The molecule has 0 spiro atoms. The van der Waals surface area contributed by atoms with Crippen molar-refractivity contribution in [2.75, 3.05) is 21.3 Å². The summed E-state index contributed by atoms with van der Waals surface area (Å²) in [5.41, 5.74) is 1.29. The molecule has 0 radical (unpaired) electrons. The van der Waals surface area contributed by atoms with Crippen LogP contribution in [0.5, 0.6) is 23.0 Å². The number of hydrogen-bond donors (Lipinski definition) is 1. The van der Waals surface area contributed by atoms with Gasteiger partial charge >= 0.3 is 5.97 Å². The fourth-order valence-electron chi connectivity index (χ4n) is 3.26. The summed E-state index contributed by atoms with van der Waals surface area (Å²) >= 11 is 0. The Morgan fingerprint density at radius 3 is 2.42 bits per heavy atom. The molecule has 7 heteroatoms. The zero-order valence-electron chi connectivity index (χ0n) is 19.7. The van der Waals surface area contributed by atoms with Crippen molar-refractivity contribution in [3.8, 4) is 23.0 Å². The average Bonchev–Trinajstić information content (AvgIpc) is 2.80. The SMILES string of the molecule is CNC(C)C(=O)Oc1cc(C=CC(=O)c2ccc(OC)c3c2OC(C)(C)C=C3)ccc1OC. The number of ketones is 1. The molecule has 0 bridgehead atoms. The van der Waals surface area contributed by atoms with E-state index >= 15 is 0 Å². The highest BCUT2D eigenvalue weighted by Gasteiger charge is 2.27. The van der Waals surface area contributed by atoms with Crippen molar-refractivity contribution in [1.29, 1.82) is 0 Å². The Bertz CT molecular complexity index is 1120. The van der Waals surface area contributed by atoms with Crippen molar-refractivity contribution >= 4 is 23.9 Å². The molecule has 0 amide bonds. The fraction of sp³-hybridized carbons (Fsp3) is 0.308. The van der Waals surface area contributed by atoms with Gasteiger partial charge in [0.2, 0.25) is 0 Å². The van der Waals surface area contributed by atoms with Gasteiger partial charge in [0.1, 0.15) is 23.1 Å². The van der Waals surface area contributed by atoms with E-state index in [1.54, 1.807) is 57.5 Å². The minimum atomic E-state index is -0.544. The van der Waals surface area contributed by atoms with Crippen molar-refractivity contribution in [1.82, 2.24) is 5.32 Å². The van der Waals surface area contributed by atoms with Gasteiger partial charge < -0.3 is 24.3 Å². The van der Waals surface area contributed by atoms with Crippen LogP contribution in [0.4, 0.5) is 0 Å². The lowest BCUT2D eigenvalue weighted by atomic mass is 9.97. The molecule has 1 aliphatic heterocycles. The molecule has 2 aromatic carbocycles. The predicted octanol–water partition coefficient (Wildman–Crippen LogP) is 4.30. The lowest BCUT2D eigenvalue weighted by molar-refractivity contribution is -0.136. The molecular formula is C26H29NO6. The van der Waals surface area contributed by atoms with Gasteiger partial charge in [0, 0.05) is 0 Å². The van der Waals surface area contributed by atoms with Crippen LogP contribution in [0.2, 0.25) is 0 Å². The molecule has 2 aromatic rings. The summed E-state index contributed by atoms with van der Waals surface area (Å²) < 4.78 is 22.3. The van der Waals surface area contributed by atoms with Crippen LogP contribution in [-0.2, 0) is 4.79 Å². The van der Waals surface area contributed by atoms with Crippen LogP contribution in [0.3, 0.4) is 0 Å². The number of ether oxygens (including phenoxy) is 4. The zero-order valence-corrected chi connectivity index (χ0v) is 19.7. The predicted molar refractivity (Wildman–Crippen MR) is 127 cm³/mol. The maximum Gasteiger partial charge on any atom is 0.328 e. The lowest BCUT2D eigenvalue weighted by Crippen LogP contribution is -2.34. The Hall–Kier alpha value is -3.58. The molecule has 33 heavy (non-hydrogen) atoms. The molecule has 3 rings (SSSR count). The zero-order chi connectivity index (χ0) is 24.2. The highest BCUT2D eigenvalue weighted by molar-refractivity contribution is 6.09. The number of fused-ring (bicyclic) bond motifs is 1. The molecule has 1 N–H and O–H groups in total. The van der Waals surface area contributed by atoms with Gasteiger partial charge in [-0.05, 0) is 75.9 Å². The Kier molecular flexibility index (Phi) is 7.23. The van der Waals surface area contributed by atoms with Crippen LogP contribution in [0.25, 0.3) is 12.2 Å².